The van der Waals surface area contributed by atoms with E-state index in [9.17, 15) is 49.2 Å². The molecule has 1 aliphatic rings. The van der Waals surface area contributed by atoms with E-state index in [2.05, 4.69) is 11.5 Å². The molecule has 4 aromatic carbocycles. The number of halogens is 4. The average Bonchev–Trinajstić information content (AvgIpc) is 2.88. The predicted octanol–water partition coefficient (Wildman–Crippen LogP) is 3.73. The first kappa shape index (κ1) is 31.4. The molecule has 0 aromatic heterocycles. The van der Waals surface area contributed by atoms with Gasteiger partial charge in [-0.25, -0.2) is 24.0 Å². The van der Waals surface area contributed by atoms with Crippen LogP contribution in [0.2, 0.25) is 15.1 Å². The van der Waals surface area contributed by atoms with Crippen molar-refractivity contribution in [2.75, 3.05) is 0 Å². The lowest BCUT2D eigenvalue weighted by atomic mass is 9.70. The smallest absolute Gasteiger partial charge is 0.336 e. The number of aromatic carboxylic acids is 1. The number of imide groups is 1. The van der Waals surface area contributed by atoms with Crippen molar-refractivity contribution in [2.24, 2.45) is 17.4 Å². The molecule has 43 heavy (non-hydrogen) atoms. The van der Waals surface area contributed by atoms with Gasteiger partial charge < -0.3 is 31.9 Å². The van der Waals surface area contributed by atoms with Crippen LogP contribution in [0.25, 0.3) is 37.9 Å². The summed E-state index contributed by atoms with van der Waals surface area (Å²) in [5.41, 5.74) is 6.83. The maximum atomic E-state index is 12.7. The normalized spacial score (nSPS) is 17.3. The molecular formula is C26H15Cl4N3O10. The molecule has 2 unspecified atom stereocenters. The van der Waals surface area contributed by atoms with Crippen LogP contribution in [-0.4, -0.2) is 56.4 Å². The monoisotopic (exact) mass is 669 g/mol. The molecule has 0 radical (unpaired) electrons. The number of hydrogen-bond acceptors (Lipinski definition) is 6. The fourth-order valence-electron chi connectivity index (χ4n) is 5.30. The summed E-state index contributed by atoms with van der Waals surface area (Å²) in [7, 11) is 0. The Labute approximate surface area is 258 Å². The van der Waals surface area contributed by atoms with Crippen molar-refractivity contribution >= 4 is 120 Å². The molecular weight excluding hydrogens is 656 g/mol. The number of fused-ring (bicyclic) bond motifs is 2. The molecule has 2 atom stereocenters. The number of nitrogens with one attached hydrogen (secondary N) is 1. The Morgan fingerprint density at radius 2 is 1.23 bits per heavy atom. The number of carbonyl (C=O) groups excluding carboxylic acids is 2. The summed E-state index contributed by atoms with van der Waals surface area (Å²) in [6.45, 7) is 0. The summed E-state index contributed by atoms with van der Waals surface area (Å²) in [5.74, 6) is -9.67. The minimum Gasteiger partial charge on any atom is -0.481 e. The Morgan fingerprint density at radius 1 is 0.721 bits per heavy atom. The van der Waals surface area contributed by atoms with Gasteiger partial charge in [-0.3, -0.25) is 10.1 Å². The number of alkyl halides is 1. The Morgan fingerprint density at radius 3 is 1.65 bits per heavy atom. The zero-order valence-corrected chi connectivity index (χ0v) is 23.9. The highest BCUT2D eigenvalue weighted by Gasteiger charge is 2.58. The van der Waals surface area contributed by atoms with Gasteiger partial charge in [-0.05, 0) is 29.0 Å². The van der Waals surface area contributed by atoms with Gasteiger partial charge in [0.25, 0.3) is 0 Å². The maximum absolute atomic E-state index is 12.7. The van der Waals surface area contributed by atoms with Crippen LogP contribution in [-0.2, 0) is 19.3 Å². The second-order valence-electron chi connectivity index (χ2n) is 9.01. The molecule has 0 saturated carbocycles. The SMILES string of the molecule is NC(=O)NC(N)=O.O=C(O)C1=c2c(C(=O)O)cc(Cl)c3c2c(c2c(Cl)ccc4ccc(Cl)c3c42)C(Cl)(C(=O)O)C1C(=O)O. The third kappa shape index (κ3) is 4.76. The molecule has 4 amide bonds. The van der Waals surface area contributed by atoms with Crippen molar-refractivity contribution < 1.29 is 49.2 Å². The van der Waals surface area contributed by atoms with Crippen LogP contribution in [0.5, 0.6) is 0 Å². The zero-order chi connectivity index (χ0) is 32.3. The number of carboxylic acid groups (broad SMARTS) is 4. The number of carboxylic acids is 4. The van der Waals surface area contributed by atoms with Crippen LogP contribution in [0.4, 0.5) is 9.59 Å². The highest BCUT2D eigenvalue weighted by atomic mass is 35.5. The number of aliphatic carboxylic acids is 3. The molecule has 9 N–H and O–H groups in total. The summed E-state index contributed by atoms with van der Waals surface area (Å²) in [6, 6.07) is 5.31. The van der Waals surface area contributed by atoms with Gasteiger partial charge in [0.2, 0.25) is 0 Å². The van der Waals surface area contributed by atoms with Gasteiger partial charge in [0, 0.05) is 47.4 Å². The third-order valence-corrected chi connectivity index (χ3v) is 8.20. The van der Waals surface area contributed by atoms with E-state index >= 15 is 0 Å². The number of rotatable bonds is 4. The summed E-state index contributed by atoms with van der Waals surface area (Å²) in [4.78, 5) is 66.2. The van der Waals surface area contributed by atoms with Crippen molar-refractivity contribution in [1.82, 2.24) is 5.32 Å². The number of urea groups is 2. The van der Waals surface area contributed by atoms with Gasteiger partial charge >= 0.3 is 35.9 Å². The Hall–Kier alpha value is -4.56. The van der Waals surface area contributed by atoms with Crippen molar-refractivity contribution in [3.63, 3.8) is 0 Å². The van der Waals surface area contributed by atoms with Crippen molar-refractivity contribution in [2.45, 2.75) is 4.87 Å². The van der Waals surface area contributed by atoms with E-state index in [1.165, 1.54) is 12.1 Å². The first-order chi connectivity index (χ1) is 20.0. The van der Waals surface area contributed by atoms with Crippen LogP contribution in [0.15, 0.2) is 30.3 Å². The highest BCUT2D eigenvalue weighted by Crippen LogP contribution is 2.54. The lowest BCUT2D eigenvalue weighted by Gasteiger charge is -2.36. The van der Waals surface area contributed by atoms with Crippen molar-refractivity contribution in [1.29, 1.82) is 0 Å². The van der Waals surface area contributed by atoms with Crippen molar-refractivity contribution in [3.8, 4) is 0 Å². The summed E-state index contributed by atoms with van der Waals surface area (Å²) in [6.07, 6.45) is 0. The first-order valence-electron chi connectivity index (χ1n) is 11.5. The van der Waals surface area contributed by atoms with Crippen molar-refractivity contribution in [3.05, 3.63) is 61.7 Å². The summed E-state index contributed by atoms with van der Waals surface area (Å²) >= 11 is 26.3. The fourth-order valence-corrected chi connectivity index (χ4v) is 6.49. The van der Waals surface area contributed by atoms with Gasteiger partial charge in [-0.2, -0.15) is 0 Å². The van der Waals surface area contributed by atoms with Crippen LogP contribution in [0, 0.1) is 5.92 Å². The molecule has 1 aliphatic carbocycles. The molecule has 0 saturated heterocycles. The van der Waals surface area contributed by atoms with E-state index < -0.39 is 63.1 Å². The second kappa shape index (κ2) is 10.9. The van der Waals surface area contributed by atoms with E-state index in [1.54, 1.807) is 17.4 Å². The second-order valence-corrected chi connectivity index (χ2v) is 10.8. The largest absolute Gasteiger partial charge is 0.481 e. The van der Waals surface area contributed by atoms with Crippen LogP contribution >= 0.6 is 46.4 Å². The quantitative estimate of drug-likeness (QED) is 0.0941. The predicted molar refractivity (Wildman–Crippen MR) is 156 cm³/mol. The molecule has 0 aliphatic heterocycles. The number of hydrogen-bond donors (Lipinski definition) is 7. The van der Waals surface area contributed by atoms with Crippen LogP contribution < -0.4 is 22.0 Å². The number of amides is 4. The Balaban J connectivity index is 0.000000541. The molecule has 4 aromatic rings. The number of nitrogens with two attached hydrogens (primary N) is 2. The maximum Gasteiger partial charge on any atom is 0.336 e. The van der Waals surface area contributed by atoms with Gasteiger partial charge in [0.15, 0.2) is 4.87 Å². The summed E-state index contributed by atoms with van der Waals surface area (Å²) in [5, 5.41) is 42.2. The van der Waals surface area contributed by atoms with Crippen LogP contribution in [0.1, 0.15) is 15.9 Å². The van der Waals surface area contributed by atoms with E-state index in [0.717, 1.165) is 6.07 Å². The number of carbonyl (C=O) groups is 6. The molecule has 0 fully saturated rings. The van der Waals surface area contributed by atoms with Crippen LogP contribution in [0.3, 0.4) is 0 Å². The summed E-state index contributed by atoms with van der Waals surface area (Å²) < 4.78 is 0. The number of benzene rings is 4. The molecule has 0 heterocycles. The van der Waals surface area contributed by atoms with Gasteiger partial charge in [0.05, 0.1) is 11.1 Å². The molecule has 17 heteroatoms. The number of primary amides is 2. The van der Waals surface area contributed by atoms with Gasteiger partial charge in [-0.1, -0.05) is 46.9 Å². The topological polar surface area (TPSA) is 247 Å². The van der Waals surface area contributed by atoms with Gasteiger partial charge in [-0.15, -0.1) is 11.6 Å². The average molecular weight is 671 g/mol. The molecule has 0 spiro atoms. The Kier molecular flexibility index (Phi) is 7.98. The first-order valence-corrected chi connectivity index (χ1v) is 13.0. The van der Waals surface area contributed by atoms with Gasteiger partial charge in [0.1, 0.15) is 5.92 Å². The van der Waals surface area contributed by atoms with E-state index in [0.29, 0.717) is 10.8 Å². The molecule has 13 nitrogen and oxygen atoms in total. The zero-order valence-electron chi connectivity index (χ0n) is 20.9. The van der Waals surface area contributed by atoms with E-state index in [-0.39, 0.29) is 42.2 Å². The molecule has 222 valence electrons. The lowest BCUT2D eigenvalue weighted by molar-refractivity contribution is -0.150. The molecule has 0 bridgehead atoms. The lowest BCUT2D eigenvalue weighted by Crippen LogP contribution is -2.49. The molecule has 5 rings (SSSR count). The Bertz CT molecular complexity index is 2030. The minimum absolute atomic E-state index is 0.00730. The fraction of sp³-hybridized carbons (Fsp3) is 0.0769. The standard InChI is InChI=1S/C24H10Cl4O8.C2H5N3O2/c25-8-3-1-6-2-4-9(26)15-11(6)13(8)14-10(27)5-7(20(29)30)12-16(14)18(15)24(28,23(35)36)19(22(33)34)17(12)21(31)32;3-1(6)5-2(4)7/h1-5,19H,(H,29,30)(H,31,32)(H,33,34)(H,35,36);(H5,3,4,5,6,7). The van der Waals surface area contributed by atoms with E-state index in [4.69, 9.17) is 46.4 Å². The van der Waals surface area contributed by atoms with E-state index in [1.807, 2.05) is 0 Å². The third-order valence-electron chi connectivity index (χ3n) is 6.70. The minimum atomic E-state index is -2.92. The highest BCUT2D eigenvalue weighted by molar-refractivity contribution is 6.50.